The van der Waals surface area contributed by atoms with Gasteiger partial charge in [-0.3, -0.25) is 9.97 Å². The van der Waals surface area contributed by atoms with Crippen LogP contribution in [0, 0.1) is 4.77 Å². The van der Waals surface area contributed by atoms with Gasteiger partial charge < -0.3 is 0 Å². The standard InChI is InChI=1S/C11H10ClN3O2S/c12-8-3-1-7(2-4-8)5-6-15-10(16)13-9(18)14-11(15)17/h1-4H,5-6H2,(H2,13,14,16,17,18). The molecular formula is C11H10ClN3O2S. The zero-order valence-corrected chi connectivity index (χ0v) is 10.8. The Morgan fingerprint density at radius 1 is 1.11 bits per heavy atom. The molecule has 1 aromatic carbocycles. The fourth-order valence-corrected chi connectivity index (χ4v) is 1.85. The number of rotatable bonds is 3. The zero-order chi connectivity index (χ0) is 13.1. The van der Waals surface area contributed by atoms with E-state index < -0.39 is 11.4 Å². The summed E-state index contributed by atoms with van der Waals surface area (Å²) in [5, 5.41) is 0.651. The lowest BCUT2D eigenvalue weighted by Crippen LogP contribution is -2.37. The summed E-state index contributed by atoms with van der Waals surface area (Å²) in [6.45, 7) is 0.280. The summed E-state index contributed by atoms with van der Waals surface area (Å²) in [5.74, 6) is 0. The third-order valence-electron chi connectivity index (χ3n) is 2.47. The van der Waals surface area contributed by atoms with Crippen molar-refractivity contribution < 1.29 is 0 Å². The lowest BCUT2D eigenvalue weighted by molar-refractivity contribution is 0.601. The van der Waals surface area contributed by atoms with Crippen molar-refractivity contribution in [2.24, 2.45) is 0 Å². The third-order valence-corrected chi connectivity index (χ3v) is 2.92. The highest BCUT2D eigenvalue weighted by molar-refractivity contribution is 7.71. The zero-order valence-electron chi connectivity index (χ0n) is 9.27. The summed E-state index contributed by atoms with van der Waals surface area (Å²) >= 11 is 10.5. The summed E-state index contributed by atoms with van der Waals surface area (Å²) in [6.07, 6.45) is 0.560. The average molecular weight is 284 g/mol. The van der Waals surface area contributed by atoms with Crippen molar-refractivity contribution in [1.29, 1.82) is 0 Å². The highest BCUT2D eigenvalue weighted by Gasteiger charge is 2.02. The summed E-state index contributed by atoms with van der Waals surface area (Å²) in [7, 11) is 0. The van der Waals surface area contributed by atoms with Crippen LogP contribution in [0.1, 0.15) is 5.56 Å². The first kappa shape index (κ1) is 12.8. The van der Waals surface area contributed by atoms with Crippen molar-refractivity contribution in [2.45, 2.75) is 13.0 Å². The lowest BCUT2D eigenvalue weighted by Gasteiger charge is -2.04. The van der Waals surface area contributed by atoms with Crippen LogP contribution in [0.25, 0.3) is 0 Å². The molecule has 5 nitrogen and oxygen atoms in total. The van der Waals surface area contributed by atoms with Gasteiger partial charge in [0.1, 0.15) is 0 Å². The number of H-pyrrole nitrogens is 2. The monoisotopic (exact) mass is 283 g/mol. The molecule has 0 radical (unpaired) electrons. The maximum atomic E-state index is 11.5. The molecule has 0 aliphatic carbocycles. The second-order valence-electron chi connectivity index (χ2n) is 3.72. The van der Waals surface area contributed by atoms with E-state index in [-0.39, 0.29) is 11.3 Å². The first-order valence-corrected chi connectivity index (χ1v) is 6.03. The van der Waals surface area contributed by atoms with Crippen LogP contribution in [0.2, 0.25) is 5.02 Å². The Labute approximate surface area is 112 Å². The van der Waals surface area contributed by atoms with Crippen LogP contribution in [0.3, 0.4) is 0 Å². The number of aromatic nitrogens is 3. The molecule has 0 amide bonds. The first-order chi connectivity index (χ1) is 8.56. The molecule has 1 heterocycles. The van der Waals surface area contributed by atoms with Gasteiger partial charge in [-0.2, -0.15) is 0 Å². The minimum Gasteiger partial charge on any atom is -0.284 e. The predicted molar refractivity (Wildman–Crippen MR) is 71.7 cm³/mol. The largest absolute Gasteiger partial charge is 0.331 e. The fourth-order valence-electron chi connectivity index (χ4n) is 1.55. The fraction of sp³-hybridized carbons (Fsp3) is 0.182. The molecule has 0 fully saturated rings. The number of hydrogen-bond donors (Lipinski definition) is 2. The average Bonchev–Trinajstić information content (AvgIpc) is 2.30. The SMILES string of the molecule is O=c1[nH]c(=S)[nH]c(=O)n1CCc1ccc(Cl)cc1. The number of halogens is 1. The minimum atomic E-state index is -0.502. The van der Waals surface area contributed by atoms with Gasteiger partial charge >= 0.3 is 11.4 Å². The molecule has 7 heteroatoms. The lowest BCUT2D eigenvalue weighted by atomic mass is 10.1. The van der Waals surface area contributed by atoms with Crippen LogP contribution >= 0.6 is 23.8 Å². The van der Waals surface area contributed by atoms with Gasteiger partial charge in [0.25, 0.3) is 0 Å². The molecular weight excluding hydrogens is 274 g/mol. The summed E-state index contributed by atoms with van der Waals surface area (Å²) in [6, 6.07) is 7.24. The van der Waals surface area contributed by atoms with Crippen LogP contribution in [-0.4, -0.2) is 14.5 Å². The van der Waals surface area contributed by atoms with E-state index >= 15 is 0 Å². The van der Waals surface area contributed by atoms with Crippen LogP contribution in [0.4, 0.5) is 0 Å². The quantitative estimate of drug-likeness (QED) is 0.839. The number of hydrogen-bond acceptors (Lipinski definition) is 3. The summed E-state index contributed by atoms with van der Waals surface area (Å²) in [4.78, 5) is 27.8. The molecule has 18 heavy (non-hydrogen) atoms. The Hall–Kier alpha value is -1.66. The van der Waals surface area contributed by atoms with Crippen molar-refractivity contribution in [3.8, 4) is 0 Å². The normalized spacial score (nSPS) is 10.5. The van der Waals surface area contributed by atoms with Gasteiger partial charge in [-0.1, -0.05) is 23.7 Å². The summed E-state index contributed by atoms with van der Waals surface area (Å²) < 4.78 is 1.11. The van der Waals surface area contributed by atoms with Crippen molar-refractivity contribution in [3.05, 3.63) is 60.6 Å². The molecule has 0 unspecified atom stereocenters. The molecule has 0 atom stereocenters. The maximum Gasteiger partial charge on any atom is 0.331 e. The minimum absolute atomic E-state index is 0.0349. The van der Waals surface area contributed by atoms with E-state index in [0.717, 1.165) is 10.1 Å². The molecule has 0 saturated carbocycles. The highest BCUT2D eigenvalue weighted by Crippen LogP contribution is 2.09. The predicted octanol–water partition coefficient (Wildman–Crippen LogP) is 1.49. The van der Waals surface area contributed by atoms with Gasteiger partial charge in [-0.15, -0.1) is 0 Å². The van der Waals surface area contributed by atoms with Gasteiger partial charge in [0.05, 0.1) is 0 Å². The van der Waals surface area contributed by atoms with E-state index in [0.29, 0.717) is 11.4 Å². The Morgan fingerprint density at radius 3 is 2.22 bits per heavy atom. The molecule has 0 aliphatic rings. The molecule has 2 rings (SSSR count). The molecule has 2 N–H and O–H groups in total. The number of aromatic amines is 2. The van der Waals surface area contributed by atoms with Gasteiger partial charge in [0.15, 0.2) is 4.77 Å². The van der Waals surface area contributed by atoms with Crippen LogP contribution in [0.15, 0.2) is 33.9 Å². The molecule has 94 valence electrons. The smallest absolute Gasteiger partial charge is 0.284 e. The van der Waals surface area contributed by atoms with E-state index in [1.165, 1.54) is 0 Å². The van der Waals surface area contributed by atoms with E-state index in [2.05, 4.69) is 9.97 Å². The Bertz CT molecular complexity index is 680. The second-order valence-corrected chi connectivity index (χ2v) is 4.56. The van der Waals surface area contributed by atoms with E-state index in [9.17, 15) is 9.59 Å². The molecule has 0 aliphatic heterocycles. The van der Waals surface area contributed by atoms with E-state index in [4.69, 9.17) is 23.8 Å². The highest BCUT2D eigenvalue weighted by atomic mass is 35.5. The van der Waals surface area contributed by atoms with Crippen molar-refractivity contribution in [2.75, 3.05) is 0 Å². The first-order valence-electron chi connectivity index (χ1n) is 5.24. The van der Waals surface area contributed by atoms with Gasteiger partial charge in [-0.05, 0) is 36.3 Å². The topological polar surface area (TPSA) is 70.7 Å². The second kappa shape index (κ2) is 5.32. The van der Waals surface area contributed by atoms with Crippen LogP contribution < -0.4 is 11.4 Å². The van der Waals surface area contributed by atoms with Gasteiger partial charge in [-0.25, -0.2) is 14.2 Å². The molecule has 0 saturated heterocycles. The molecule has 0 bridgehead atoms. The van der Waals surface area contributed by atoms with E-state index in [1.54, 1.807) is 12.1 Å². The Balaban J connectivity index is 2.21. The number of nitrogens with zero attached hydrogens (tertiary/aromatic N) is 1. The molecule has 0 spiro atoms. The number of aryl methyl sites for hydroxylation is 1. The van der Waals surface area contributed by atoms with Crippen LogP contribution in [0.5, 0.6) is 0 Å². The Morgan fingerprint density at radius 2 is 1.67 bits per heavy atom. The van der Waals surface area contributed by atoms with Gasteiger partial charge in [0.2, 0.25) is 0 Å². The Kier molecular flexibility index (Phi) is 3.78. The maximum absolute atomic E-state index is 11.5. The van der Waals surface area contributed by atoms with E-state index in [1.807, 2.05) is 12.1 Å². The van der Waals surface area contributed by atoms with Crippen molar-refractivity contribution >= 4 is 23.8 Å². The van der Waals surface area contributed by atoms with Crippen molar-refractivity contribution in [1.82, 2.24) is 14.5 Å². The summed E-state index contributed by atoms with van der Waals surface area (Å²) in [5.41, 5.74) is -0.0106. The van der Waals surface area contributed by atoms with Crippen molar-refractivity contribution in [3.63, 3.8) is 0 Å². The molecule has 2 aromatic rings. The molecule has 1 aromatic heterocycles. The number of nitrogens with one attached hydrogen (secondary N) is 2. The number of benzene rings is 1. The van der Waals surface area contributed by atoms with Gasteiger partial charge in [0, 0.05) is 11.6 Å². The third kappa shape index (κ3) is 2.96. The van der Waals surface area contributed by atoms with Crippen LogP contribution in [-0.2, 0) is 13.0 Å².